The molecule has 0 heterocycles. The molecule has 2 aromatic carbocycles. The minimum atomic E-state index is -0.350. The molecule has 0 saturated carbocycles. The van der Waals surface area contributed by atoms with Gasteiger partial charge in [0.15, 0.2) is 0 Å². The predicted octanol–water partition coefficient (Wildman–Crippen LogP) is 3.44. The Kier molecular flexibility index (Phi) is 7.48. The molecular weight excluding hydrogens is 352 g/mol. The fraction of sp³-hybridized carbons (Fsp3) is 0.300. The number of halogens is 1. The molecule has 2 rings (SSSR count). The molecule has 1 N–H and O–H groups in total. The van der Waals surface area contributed by atoms with Gasteiger partial charge in [-0.25, -0.2) is 0 Å². The maximum Gasteiger partial charge on any atom is 0.224 e. The van der Waals surface area contributed by atoms with Gasteiger partial charge in [-0.05, 0) is 23.8 Å². The summed E-state index contributed by atoms with van der Waals surface area (Å²) in [6, 6.07) is 16.2. The molecule has 1 atom stereocenters. The molecule has 5 nitrogen and oxygen atoms in total. The minimum absolute atomic E-state index is 0.0673. The number of benzene rings is 2. The van der Waals surface area contributed by atoms with Gasteiger partial charge in [-0.1, -0.05) is 48.0 Å². The molecule has 26 heavy (non-hydrogen) atoms. The number of hydrogen-bond donors (Lipinski definition) is 1. The van der Waals surface area contributed by atoms with Gasteiger partial charge < -0.3 is 15.0 Å². The van der Waals surface area contributed by atoms with Crippen LogP contribution in [0.15, 0.2) is 54.6 Å². The molecule has 138 valence electrons. The Balaban J connectivity index is 1.88. The van der Waals surface area contributed by atoms with Gasteiger partial charge >= 0.3 is 0 Å². The van der Waals surface area contributed by atoms with E-state index in [1.807, 2.05) is 42.5 Å². The minimum Gasteiger partial charge on any atom is -0.492 e. The maximum atomic E-state index is 12.5. The first kappa shape index (κ1) is 19.8. The number of nitrogens with zero attached hydrogens (tertiary/aromatic N) is 1. The lowest BCUT2D eigenvalue weighted by Gasteiger charge is -2.22. The predicted molar refractivity (Wildman–Crippen MR) is 102 cm³/mol. The van der Waals surface area contributed by atoms with Gasteiger partial charge in [-0.3, -0.25) is 9.59 Å². The zero-order valence-corrected chi connectivity index (χ0v) is 15.7. The molecule has 0 radical (unpaired) electrons. The molecule has 1 unspecified atom stereocenters. The van der Waals surface area contributed by atoms with E-state index < -0.39 is 0 Å². The van der Waals surface area contributed by atoms with Crippen LogP contribution in [0.25, 0.3) is 0 Å². The molecule has 6 heteroatoms. The summed E-state index contributed by atoms with van der Waals surface area (Å²) in [7, 11) is 1.72. The molecule has 0 aliphatic carbocycles. The largest absolute Gasteiger partial charge is 0.492 e. The zero-order valence-electron chi connectivity index (χ0n) is 14.9. The van der Waals surface area contributed by atoms with Crippen LogP contribution in [-0.2, 0) is 9.59 Å². The molecule has 0 aliphatic rings. The van der Waals surface area contributed by atoms with Crippen LogP contribution in [0.2, 0.25) is 5.02 Å². The summed E-state index contributed by atoms with van der Waals surface area (Å²) >= 11 is 5.91. The summed E-state index contributed by atoms with van der Waals surface area (Å²) in [5, 5.41) is 3.44. The number of likely N-dealkylation sites (N-methyl/N-ethyl adjacent to an activating group) is 1. The number of nitrogens with one attached hydrogen (secondary N) is 1. The van der Waals surface area contributed by atoms with E-state index in [0.29, 0.717) is 23.9 Å². The lowest BCUT2D eigenvalue weighted by atomic mass is 10.0. The Morgan fingerprint density at radius 1 is 1.15 bits per heavy atom. The second kappa shape index (κ2) is 9.82. The number of ether oxygens (including phenoxy) is 1. The van der Waals surface area contributed by atoms with E-state index in [1.165, 1.54) is 6.92 Å². The first-order chi connectivity index (χ1) is 12.5. The highest BCUT2D eigenvalue weighted by molar-refractivity contribution is 6.30. The van der Waals surface area contributed by atoms with Crippen molar-refractivity contribution in [3.63, 3.8) is 0 Å². The van der Waals surface area contributed by atoms with Crippen LogP contribution in [0.3, 0.4) is 0 Å². The molecule has 0 bridgehead atoms. The Bertz CT molecular complexity index is 737. The van der Waals surface area contributed by atoms with Crippen molar-refractivity contribution in [2.75, 3.05) is 20.2 Å². The van der Waals surface area contributed by atoms with Crippen LogP contribution in [0.1, 0.15) is 24.9 Å². The van der Waals surface area contributed by atoms with Gasteiger partial charge in [-0.2, -0.15) is 0 Å². The summed E-state index contributed by atoms with van der Waals surface area (Å²) in [4.78, 5) is 25.6. The van der Waals surface area contributed by atoms with E-state index in [9.17, 15) is 9.59 Å². The van der Waals surface area contributed by atoms with E-state index in [-0.39, 0.29) is 24.3 Å². The van der Waals surface area contributed by atoms with E-state index in [0.717, 1.165) is 5.56 Å². The maximum absolute atomic E-state index is 12.5. The van der Waals surface area contributed by atoms with E-state index >= 15 is 0 Å². The van der Waals surface area contributed by atoms with Crippen molar-refractivity contribution in [1.82, 2.24) is 10.2 Å². The Morgan fingerprint density at radius 2 is 1.88 bits per heavy atom. The molecular formula is C20H23ClN2O3. The van der Waals surface area contributed by atoms with Gasteiger partial charge in [0.05, 0.1) is 19.0 Å². The van der Waals surface area contributed by atoms with Gasteiger partial charge in [0.25, 0.3) is 0 Å². The first-order valence-corrected chi connectivity index (χ1v) is 8.78. The van der Waals surface area contributed by atoms with Crippen molar-refractivity contribution in [3.8, 4) is 5.75 Å². The molecule has 0 aromatic heterocycles. The van der Waals surface area contributed by atoms with Gasteiger partial charge in [-0.15, -0.1) is 0 Å². The molecule has 0 spiro atoms. The van der Waals surface area contributed by atoms with Crippen molar-refractivity contribution in [1.29, 1.82) is 0 Å². The molecule has 0 saturated heterocycles. The second-order valence-corrected chi connectivity index (χ2v) is 6.43. The van der Waals surface area contributed by atoms with Crippen LogP contribution < -0.4 is 10.1 Å². The van der Waals surface area contributed by atoms with Crippen molar-refractivity contribution in [2.45, 2.75) is 19.4 Å². The van der Waals surface area contributed by atoms with E-state index in [4.69, 9.17) is 16.3 Å². The number of carbonyl (C=O) groups excluding carboxylic acids is 2. The molecule has 2 aromatic rings. The number of rotatable bonds is 8. The smallest absolute Gasteiger partial charge is 0.224 e. The fourth-order valence-electron chi connectivity index (χ4n) is 2.50. The van der Waals surface area contributed by atoms with Crippen molar-refractivity contribution in [3.05, 3.63) is 65.2 Å². The molecule has 0 fully saturated rings. The SMILES string of the molecule is CC(=O)NC(CC(=O)N(C)CCOc1cccc(Cl)c1)c1ccccc1. The van der Waals surface area contributed by atoms with Crippen LogP contribution in [0, 0.1) is 0 Å². The molecule has 0 aliphatic heterocycles. The Labute approximate surface area is 158 Å². The monoisotopic (exact) mass is 374 g/mol. The summed E-state index contributed by atoms with van der Waals surface area (Å²) in [6.07, 6.45) is 0.192. The lowest BCUT2D eigenvalue weighted by molar-refractivity contribution is -0.131. The highest BCUT2D eigenvalue weighted by Gasteiger charge is 2.19. The Hall–Kier alpha value is -2.53. The van der Waals surface area contributed by atoms with Gasteiger partial charge in [0.1, 0.15) is 12.4 Å². The third kappa shape index (κ3) is 6.41. The van der Waals surface area contributed by atoms with Crippen LogP contribution in [0.5, 0.6) is 5.75 Å². The van der Waals surface area contributed by atoms with Crippen molar-refractivity contribution >= 4 is 23.4 Å². The summed E-state index contributed by atoms with van der Waals surface area (Å²) in [6.45, 7) is 2.24. The summed E-state index contributed by atoms with van der Waals surface area (Å²) in [5.74, 6) is 0.430. The Morgan fingerprint density at radius 3 is 2.54 bits per heavy atom. The van der Waals surface area contributed by atoms with Crippen molar-refractivity contribution < 1.29 is 14.3 Å². The van der Waals surface area contributed by atoms with Crippen LogP contribution >= 0.6 is 11.6 Å². The van der Waals surface area contributed by atoms with Crippen LogP contribution in [0.4, 0.5) is 0 Å². The first-order valence-electron chi connectivity index (χ1n) is 8.40. The van der Waals surface area contributed by atoms with Crippen molar-refractivity contribution in [2.24, 2.45) is 0 Å². The van der Waals surface area contributed by atoms with Gasteiger partial charge in [0, 0.05) is 19.0 Å². The number of hydrogen-bond acceptors (Lipinski definition) is 3. The molecule has 2 amide bonds. The van der Waals surface area contributed by atoms with E-state index in [1.54, 1.807) is 24.1 Å². The zero-order chi connectivity index (χ0) is 18.9. The third-order valence-corrected chi connectivity index (χ3v) is 4.11. The van der Waals surface area contributed by atoms with E-state index in [2.05, 4.69) is 5.32 Å². The number of amides is 2. The quantitative estimate of drug-likeness (QED) is 0.770. The highest BCUT2D eigenvalue weighted by atomic mass is 35.5. The average molecular weight is 375 g/mol. The number of carbonyl (C=O) groups is 2. The third-order valence-electron chi connectivity index (χ3n) is 3.88. The normalized spacial score (nSPS) is 11.5. The topological polar surface area (TPSA) is 58.6 Å². The summed E-state index contributed by atoms with van der Waals surface area (Å²) < 4.78 is 5.61. The summed E-state index contributed by atoms with van der Waals surface area (Å²) in [5.41, 5.74) is 0.902. The average Bonchev–Trinajstić information content (AvgIpc) is 2.61. The van der Waals surface area contributed by atoms with Gasteiger partial charge in [0.2, 0.25) is 11.8 Å². The highest BCUT2D eigenvalue weighted by Crippen LogP contribution is 2.18. The fourth-order valence-corrected chi connectivity index (χ4v) is 2.68. The second-order valence-electron chi connectivity index (χ2n) is 5.99. The lowest BCUT2D eigenvalue weighted by Crippen LogP contribution is -2.35. The van der Waals surface area contributed by atoms with Crippen LogP contribution in [-0.4, -0.2) is 36.9 Å². The standard InChI is InChI=1S/C20H23ClN2O3/c1-15(24)22-19(16-7-4-3-5-8-16)14-20(25)23(2)11-12-26-18-10-6-9-17(21)13-18/h3-10,13,19H,11-12,14H2,1-2H3,(H,22,24).